The summed E-state index contributed by atoms with van der Waals surface area (Å²) < 4.78 is 0. The third kappa shape index (κ3) is 3.47. The van der Waals surface area contributed by atoms with Gasteiger partial charge in [-0.1, -0.05) is 37.6 Å². The summed E-state index contributed by atoms with van der Waals surface area (Å²) in [6, 6.07) is 8.57. The highest BCUT2D eigenvalue weighted by molar-refractivity contribution is 6.30. The van der Waals surface area contributed by atoms with E-state index in [1.165, 1.54) is 18.4 Å². The largest absolute Gasteiger partial charge is 0.395 e. The zero-order valence-electron chi connectivity index (χ0n) is 11.1. The second-order valence-corrected chi connectivity index (χ2v) is 6.00. The van der Waals surface area contributed by atoms with E-state index in [4.69, 9.17) is 11.6 Å². The molecule has 2 unspecified atom stereocenters. The van der Waals surface area contributed by atoms with Gasteiger partial charge in [-0.3, -0.25) is 0 Å². The smallest absolute Gasteiger partial charge is 0.0587 e. The normalized spacial score (nSPS) is 18.9. The first-order valence-electron chi connectivity index (χ1n) is 6.74. The molecule has 3 heteroatoms. The molecule has 1 saturated carbocycles. The summed E-state index contributed by atoms with van der Waals surface area (Å²) in [5.41, 5.74) is 1.28. The molecule has 100 valence electrons. The third-order valence-electron chi connectivity index (χ3n) is 3.72. The first kappa shape index (κ1) is 13.9. The molecule has 1 aliphatic rings. The molecule has 1 aromatic carbocycles. The molecule has 2 rings (SSSR count). The average molecular weight is 268 g/mol. The topological polar surface area (TPSA) is 32.3 Å². The molecule has 0 heterocycles. The van der Waals surface area contributed by atoms with Crippen molar-refractivity contribution in [3.63, 3.8) is 0 Å². The number of halogens is 1. The summed E-state index contributed by atoms with van der Waals surface area (Å²) in [7, 11) is 0. The summed E-state index contributed by atoms with van der Waals surface area (Å²) in [4.78, 5) is 0. The van der Waals surface area contributed by atoms with Gasteiger partial charge < -0.3 is 10.4 Å². The molecule has 1 aromatic rings. The lowest BCUT2D eigenvalue weighted by Crippen LogP contribution is -2.40. The van der Waals surface area contributed by atoms with Gasteiger partial charge in [-0.15, -0.1) is 0 Å². The van der Waals surface area contributed by atoms with E-state index < -0.39 is 0 Å². The van der Waals surface area contributed by atoms with Crippen molar-refractivity contribution >= 4 is 11.6 Å². The first-order chi connectivity index (χ1) is 8.61. The number of aliphatic hydroxyl groups excluding tert-OH is 1. The number of nitrogens with one attached hydrogen (secondary N) is 1. The fourth-order valence-corrected chi connectivity index (χ4v) is 2.42. The summed E-state index contributed by atoms with van der Waals surface area (Å²) in [6.07, 6.45) is 2.55. The Bertz CT molecular complexity index is 373. The molecular weight excluding hydrogens is 246 g/mol. The van der Waals surface area contributed by atoms with Crippen LogP contribution in [0.15, 0.2) is 24.3 Å². The quantitative estimate of drug-likeness (QED) is 0.828. The van der Waals surface area contributed by atoms with E-state index in [0.717, 1.165) is 5.02 Å². The molecule has 2 N–H and O–H groups in total. The highest BCUT2D eigenvalue weighted by Gasteiger charge is 2.33. The van der Waals surface area contributed by atoms with Crippen molar-refractivity contribution in [3.05, 3.63) is 34.9 Å². The predicted molar refractivity (Wildman–Crippen MR) is 75.8 cm³/mol. The Kier molecular flexibility index (Phi) is 4.66. The fraction of sp³-hybridized carbons (Fsp3) is 0.600. The van der Waals surface area contributed by atoms with Crippen LogP contribution in [0.1, 0.15) is 38.3 Å². The van der Waals surface area contributed by atoms with E-state index in [9.17, 15) is 5.11 Å². The molecule has 0 spiro atoms. The Hall–Kier alpha value is -0.570. The number of aliphatic hydroxyl groups is 1. The molecule has 0 amide bonds. The highest BCUT2D eigenvalue weighted by Crippen LogP contribution is 2.41. The van der Waals surface area contributed by atoms with E-state index in [0.29, 0.717) is 17.9 Å². The van der Waals surface area contributed by atoms with Gasteiger partial charge in [0.2, 0.25) is 0 Å². The molecule has 1 aliphatic carbocycles. The molecule has 18 heavy (non-hydrogen) atoms. The van der Waals surface area contributed by atoms with E-state index >= 15 is 0 Å². The minimum Gasteiger partial charge on any atom is -0.395 e. The molecule has 0 saturated heterocycles. The van der Waals surface area contributed by atoms with Crippen molar-refractivity contribution in [2.45, 2.75) is 38.8 Å². The fourth-order valence-electron chi connectivity index (χ4n) is 2.29. The second-order valence-electron chi connectivity index (χ2n) is 5.57. The summed E-state index contributed by atoms with van der Waals surface area (Å²) in [5.74, 6) is 1.14. The van der Waals surface area contributed by atoms with Crippen molar-refractivity contribution in [1.29, 1.82) is 0 Å². The zero-order chi connectivity index (χ0) is 13.1. The van der Waals surface area contributed by atoms with E-state index in [-0.39, 0.29) is 12.6 Å². The minimum absolute atomic E-state index is 0.159. The molecule has 0 aromatic heterocycles. The summed E-state index contributed by atoms with van der Waals surface area (Å²) >= 11 is 5.93. The molecule has 0 aliphatic heterocycles. The van der Waals surface area contributed by atoms with Gasteiger partial charge in [-0.05, 0) is 42.4 Å². The van der Waals surface area contributed by atoms with Gasteiger partial charge in [0, 0.05) is 17.1 Å². The van der Waals surface area contributed by atoms with Crippen LogP contribution in [-0.4, -0.2) is 17.8 Å². The maximum absolute atomic E-state index is 9.45. The van der Waals surface area contributed by atoms with Crippen LogP contribution in [0, 0.1) is 11.8 Å². The van der Waals surface area contributed by atoms with E-state index in [1.807, 2.05) is 12.1 Å². The van der Waals surface area contributed by atoms with Gasteiger partial charge in [0.15, 0.2) is 0 Å². The SMILES string of the molecule is CC(C)C(CO)NC(c1ccc(Cl)cc1)C1CC1. The van der Waals surface area contributed by atoms with Gasteiger partial charge >= 0.3 is 0 Å². The maximum atomic E-state index is 9.45. The number of hydrogen-bond acceptors (Lipinski definition) is 2. The monoisotopic (exact) mass is 267 g/mol. The zero-order valence-corrected chi connectivity index (χ0v) is 11.8. The Labute approximate surface area is 114 Å². The minimum atomic E-state index is 0.159. The highest BCUT2D eigenvalue weighted by atomic mass is 35.5. The Morgan fingerprint density at radius 1 is 1.28 bits per heavy atom. The number of hydrogen-bond donors (Lipinski definition) is 2. The van der Waals surface area contributed by atoms with Crippen molar-refractivity contribution in [3.8, 4) is 0 Å². The Balaban J connectivity index is 2.10. The lowest BCUT2D eigenvalue weighted by Gasteiger charge is -2.27. The van der Waals surface area contributed by atoms with Crippen LogP contribution in [0.2, 0.25) is 5.02 Å². The van der Waals surface area contributed by atoms with Crippen LogP contribution < -0.4 is 5.32 Å². The second kappa shape index (κ2) is 6.05. The van der Waals surface area contributed by atoms with Crippen LogP contribution in [0.25, 0.3) is 0 Å². The van der Waals surface area contributed by atoms with E-state index in [2.05, 4.69) is 31.3 Å². The summed E-state index contributed by atoms with van der Waals surface area (Å²) in [6.45, 7) is 4.47. The van der Waals surface area contributed by atoms with Gasteiger partial charge in [0.1, 0.15) is 0 Å². The summed E-state index contributed by atoms with van der Waals surface area (Å²) in [5, 5.41) is 13.8. The van der Waals surface area contributed by atoms with Crippen molar-refractivity contribution in [2.75, 3.05) is 6.61 Å². The van der Waals surface area contributed by atoms with Crippen LogP contribution in [0.4, 0.5) is 0 Å². The average Bonchev–Trinajstić information content (AvgIpc) is 3.16. The third-order valence-corrected chi connectivity index (χ3v) is 3.97. The van der Waals surface area contributed by atoms with Gasteiger partial charge in [-0.2, -0.15) is 0 Å². The van der Waals surface area contributed by atoms with Gasteiger partial charge in [0.25, 0.3) is 0 Å². The lowest BCUT2D eigenvalue weighted by molar-refractivity contribution is 0.194. The standard InChI is InChI=1S/C15H22ClNO/c1-10(2)14(9-18)17-15(11-3-4-11)12-5-7-13(16)8-6-12/h5-8,10-11,14-15,17-18H,3-4,9H2,1-2H3. The maximum Gasteiger partial charge on any atom is 0.0587 e. The van der Waals surface area contributed by atoms with Crippen LogP contribution >= 0.6 is 11.6 Å². The Morgan fingerprint density at radius 3 is 2.33 bits per heavy atom. The number of rotatable bonds is 6. The first-order valence-corrected chi connectivity index (χ1v) is 7.12. The van der Waals surface area contributed by atoms with Crippen LogP contribution in [-0.2, 0) is 0 Å². The Morgan fingerprint density at radius 2 is 1.89 bits per heavy atom. The number of benzene rings is 1. The lowest BCUT2D eigenvalue weighted by atomic mass is 9.98. The van der Waals surface area contributed by atoms with Crippen LogP contribution in [0.5, 0.6) is 0 Å². The van der Waals surface area contributed by atoms with E-state index in [1.54, 1.807) is 0 Å². The molecular formula is C15H22ClNO. The van der Waals surface area contributed by atoms with Crippen molar-refractivity contribution < 1.29 is 5.11 Å². The molecule has 1 fully saturated rings. The molecule has 0 radical (unpaired) electrons. The van der Waals surface area contributed by atoms with Gasteiger partial charge in [-0.25, -0.2) is 0 Å². The van der Waals surface area contributed by atoms with Crippen LogP contribution in [0.3, 0.4) is 0 Å². The van der Waals surface area contributed by atoms with Gasteiger partial charge in [0.05, 0.1) is 6.61 Å². The van der Waals surface area contributed by atoms with Crippen molar-refractivity contribution in [2.24, 2.45) is 11.8 Å². The molecule has 2 atom stereocenters. The van der Waals surface area contributed by atoms with Crippen molar-refractivity contribution in [1.82, 2.24) is 5.32 Å². The molecule has 2 nitrogen and oxygen atoms in total. The molecule has 0 bridgehead atoms. The predicted octanol–water partition coefficient (Wildman–Crippen LogP) is 3.40.